The summed E-state index contributed by atoms with van der Waals surface area (Å²) in [4.78, 5) is 29.0. The van der Waals surface area contributed by atoms with E-state index in [0.29, 0.717) is 33.4 Å². The molecular weight excluding hydrogens is 366 g/mol. The van der Waals surface area contributed by atoms with Crippen molar-refractivity contribution in [2.75, 3.05) is 5.32 Å². The van der Waals surface area contributed by atoms with Crippen molar-refractivity contribution >= 4 is 28.6 Å². The topological polar surface area (TPSA) is 85.8 Å². The summed E-state index contributed by atoms with van der Waals surface area (Å²) in [5.74, 6) is 1.07. The van der Waals surface area contributed by atoms with Crippen molar-refractivity contribution in [3.63, 3.8) is 0 Å². The minimum atomic E-state index is -0.293. The largest absolute Gasteiger partial charge is 0.487 e. The summed E-state index contributed by atoms with van der Waals surface area (Å²) < 4.78 is 12.1. The van der Waals surface area contributed by atoms with Gasteiger partial charge in [-0.25, -0.2) is 4.98 Å². The lowest BCUT2D eigenvalue weighted by Gasteiger charge is -2.08. The number of hydrogen-bond acceptors (Lipinski definition) is 6. The normalized spacial score (nSPS) is 10.9. The zero-order valence-corrected chi connectivity index (χ0v) is 15.2. The molecule has 1 aromatic carbocycles. The Kier molecular flexibility index (Phi) is 4.47. The lowest BCUT2D eigenvalue weighted by molar-refractivity contribution is 0.103. The zero-order valence-electron chi connectivity index (χ0n) is 14.3. The second kappa shape index (κ2) is 7.08. The van der Waals surface area contributed by atoms with Crippen LogP contribution in [-0.4, -0.2) is 15.5 Å². The summed E-state index contributed by atoms with van der Waals surface area (Å²) in [7, 11) is 0. The molecule has 0 fully saturated rings. The van der Waals surface area contributed by atoms with Gasteiger partial charge in [-0.15, -0.1) is 15.9 Å². The van der Waals surface area contributed by atoms with Crippen molar-refractivity contribution < 1.29 is 14.1 Å². The number of carbonyl (C=O) groups excluding carboxylic acids is 1. The van der Waals surface area contributed by atoms with Crippen LogP contribution in [0.25, 0.3) is 5.65 Å². The molecule has 0 bridgehead atoms. The van der Waals surface area contributed by atoms with Crippen LogP contribution in [0.3, 0.4) is 0 Å². The molecule has 0 aliphatic rings. The van der Waals surface area contributed by atoms with Gasteiger partial charge in [-0.05, 0) is 42.6 Å². The Bertz CT molecular complexity index is 1140. The molecule has 4 aromatic rings. The third-order valence-corrected chi connectivity index (χ3v) is 4.64. The fourth-order valence-electron chi connectivity index (χ4n) is 2.54. The average Bonchev–Trinajstić information content (AvgIpc) is 3.30. The van der Waals surface area contributed by atoms with E-state index in [2.05, 4.69) is 10.3 Å². The van der Waals surface area contributed by atoms with Gasteiger partial charge in [0, 0.05) is 17.8 Å². The molecule has 8 heteroatoms. The van der Waals surface area contributed by atoms with E-state index >= 15 is 0 Å². The predicted molar refractivity (Wildman–Crippen MR) is 102 cm³/mol. The highest BCUT2D eigenvalue weighted by atomic mass is 32.1. The summed E-state index contributed by atoms with van der Waals surface area (Å²) in [6, 6.07) is 13.7. The highest BCUT2D eigenvalue weighted by Gasteiger charge is 2.08. The maximum Gasteiger partial charge on any atom is 0.287 e. The first kappa shape index (κ1) is 17.0. The number of nitrogens with one attached hydrogen (secondary N) is 1. The molecule has 1 N–H and O–H groups in total. The molecule has 0 spiro atoms. The van der Waals surface area contributed by atoms with Gasteiger partial charge in [-0.3, -0.25) is 9.59 Å². The number of fused-ring (bicyclic) bond motifs is 1. The number of amides is 1. The number of nitrogens with zero attached hydrogens (tertiary/aromatic N) is 2. The number of aryl methyl sites for hydroxylation is 1. The molecule has 7 nitrogen and oxygen atoms in total. The summed E-state index contributed by atoms with van der Waals surface area (Å²) in [5.41, 5.74) is 1.34. The molecule has 3 aromatic heterocycles. The van der Waals surface area contributed by atoms with E-state index in [0.717, 1.165) is 4.57 Å². The second-order valence-corrected chi connectivity index (χ2v) is 6.78. The number of rotatable bonds is 5. The maximum atomic E-state index is 12.0. The quantitative estimate of drug-likeness (QED) is 0.572. The zero-order chi connectivity index (χ0) is 18.8. The molecule has 0 aliphatic heterocycles. The molecule has 27 heavy (non-hydrogen) atoms. The first-order valence-corrected chi connectivity index (χ1v) is 9.04. The van der Waals surface area contributed by atoms with E-state index < -0.39 is 0 Å². The van der Waals surface area contributed by atoms with Crippen LogP contribution < -0.4 is 15.6 Å². The van der Waals surface area contributed by atoms with Gasteiger partial charge < -0.3 is 14.6 Å². The summed E-state index contributed by atoms with van der Waals surface area (Å²) >= 11 is 1.38. The minimum Gasteiger partial charge on any atom is -0.487 e. The number of benzene rings is 1. The molecule has 1 amide bonds. The van der Waals surface area contributed by atoms with Crippen LogP contribution in [0.4, 0.5) is 5.69 Å². The first-order chi connectivity index (χ1) is 13.1. The third-order valence-electron chi connectivity index (χ3n) is 3.77. The van der Waals surface area contributed by atoms with Crippen molar-refractivity contribution in [2.45, 2.75) is 13.5 Å². The summed E-state index contributed by atoms with van der Waals surface area (Å²) in [6.45, 7) is 1.90. The van der Waals surface area contributed by atoms with Gasteiger partial charge in [0.05, 0.1) is 10.6 Å². The molecular formula is C19H15N3O4S. The van der Waals surface area contributed by atoms with Crippen molar-refractivity contribution in [1.29, 1.82) is 0 Å². The minimum absolute atomic E-state index is 0.146. The Labute approximate surface area is 157 Å². The van der Waals surface area contributed by atoms with Crippen molar-refractivity contribution in [3.8, 4) is 5.75 Å². The van der Waals surface area contributed by atoms with Crippen LogP contribution in [-0.2, 0) is 6.61 Å². The summed E-state index contributed by atoms with van der Waals surface area (Å²) in [5, 5.41) is 4.68. The van der Waals surface area contributed by atoms with Crippen LogP contribution in [0, 0.1) is 6.92 Å². The van der Waals surface area contributed by atoms with Crippen molar-refractivity contribution in [1.82, 2.24) is 9.56 Å². The van der Waals surface area contributed by atoms with Crippen LogP contribution in [0.15, 0.2) is 63.2 Å². The molecule has 136 valence electrons. The molecule has 4 rings (SSSR count). The highest BCUT2D eigenvalue weighted by Crippen LogP contribution is 2.18. The Hall–Kier alpha value is -3.39. The fraction of sp³-hybridized carbons (Fsp3) is 0.105. The van der Waals surface area contributed by atoms with Crippen LogP contribution >= 0.6 is 11.3 Å². The Morgan fingerprint density at radius 1 is 1.26 bits per heavy atom. The smallest absolute Gasteiger partial charge is 0.287 e. The predicted octanol–water partition coefficient (Wildman–Crippen LogP) is 3.49. The monoisotopic (exact) mass is 381 g/mol. The van der Waals surface area contributed by atoms with Crippen LogP contribution in [0.5, 0.6) is 5.75 Å². The maximum absolute atomic E-state index is 12.0. The Morgan fingerprint density at radius 3 is 2.81 bits per heavy atom. The molecule has 0 aliphatic carbocycles. The van der Waals surface area contributed by atoms with Crippen molar-refractivity contribution in [3.05, 3.63) is 80.6 Å². The first-order valence-electron chi connectivity index (χ1n) is 8.16. The number of thiophene rings is 1. The Balaban J connectivity index is 1.41. The van der Waals surface area contributed by atoms with Crippen LogP contribution in [0.2, 0.25) is 0 Å². The van der Waals surface area contributed by atoms with Gasteiger partial charge in [0.15, 0.2) is 5.65 Å². The fourth-order valence-corrected chi connectivity index (χ4v) is 3.16. The average molecular weight is 381 g/mol. The van der Waals surface area contributed by atoms with Gasteiger partial charge in [-0.2, -0.15) is 0 Å². The summed E-state index contributed by atoms with van der Waals surface area (Å²) in [6.07, 6.45) is 0. The third kappa shape index (κ3) is 3.75. The molecule has 0 radical (unpaired) electrons. The van der Waals surface area contributed by atoms with Crippen molar-refractivity contribution in [2.24, 2.45) is 0 Å². The van der Waals surface area contributed by atoms with E-state index in [1.54, 1.807) is 43.3 Å². The van der Waals surface area contributed by atoms with Gasteiger partial charge >= 0.3 is 0 Å². The number of hydrogen-bond donors (Lipinski definition) is 1. The lowest BCUT2D eigenvalue weighted by Crippen LogP contribution is -2.14. The standard InChI is InChI=1S/C19H15N3O4S/c1-12-9-17-20-14(10-18(23)22(17)26-12)11-25-15-6-4-13(5-7-15)21-19(24)16-3-2-8-27-16/h2-10H,11H2,1H3,(H,21,24). The van der Waals surface area contributed by atoms with Crippen LogP contribution in [0.1, 0.15) is 21.1 Å². The molecule has 0 unspecified atom stereocenters. The van der Waals surface area contributed by atoms with Gasteiger partial charge in [0.2, 0.25) is 0 Å². The number of carbonyl (C=O) groups is 1. The number of ether oxygens (including phenoxy) is 1. The molecule has 0 saturated carbocycles. The van der Waals surface area contributed by atoms with E-state index in [4.69, 9.17) is 9.26 Å². The van der Waals surface area contributed by atoms with Gasteiger partial charge in [0.1, 0.15) is 18.1 Å². The van der Waals surface area contributed by atoms with E-state index in [1.165, 1.54) is 17.4 Å². The van der Waals surface area contributed by atoms with E-state index in [9.17, 15) is 9.59 Å². The van der Waals surface area contributed by atoms with E-state index in [-0.39, 0.29) is 18.1 Å². The van der Waals surface area contributed by atoms with Gasteiger partial charge in [0.25, 0.3) is 11.5 Å². The lowest BCUT2D eigenvalue weighted by atomic mass is 10.3. The van der Waals surface area contributed by atoms with E-state index in [1.807, 2.05) is 11.4 Å². The second-order valence-electron chi connectivity index (χ2n) is 5.83. The highest BCUT2D eigenvalue weighted by molar-refractivity contribution is 7.12. The Morgan fingerprint density at radius 2 is 2.07 bits per heavy atom. The van der Waals surface area contributed by atoms with Gasteiger partial charge in [-0.1, -0.05) is 6.07 Å². The molecule has 0 saturated heterocycles. The number of anilines is 1. The SMILES string of the molecule is Cc1cc2nc(COc3ccc(NC(=O)c4cccs4)cc3)cc(=O)n2o1. The molecule has 3 heterocycles. The number of aromatic nitrogens is 2. The molecule has 0 atom stereocenters.